The number of alkyl halides is 5. The molecule has 0 saturated heterocycles. The van der Waals surface area contributed by atoms with E-state index in [1.807, 2.05) is 0 Å². The molecule has 0 saturated carbocycles. The van der Waals surface area contributed by atoms with Crippen LogP contribution in [-0.4, -0.2) is 36.7 Å². The van der Waals surface area contributed by atoms with Crippen LogP contribution in [0.3, 0.4) is 0 Å². The summed E-state index contributed by atoms with van der Waals surface area (Å²) >= 11 is 0. The van der Waals surface area contributed by atoms with Crippen LogP contribution < -0.4 is 4.74 Å². The van der Waals surface area contributed by atoms with Crippen LogP contribution in [-0.2, 0) is 10.3 Å². The van der Waals surface area contributed by atoms with Gasteiger partial charge in [-0.25, -0.2) is 4.39 Å². The summed E-state index contributed by atoms with van der Waals surface area (Å²) in [5.41, 5.74) is -2.37. The van der Waals surface area contributed by atoms with E-state index in [0.29, 0.717) is 12.5 Å². The van der Waals surface area contributed by atoms with Gasteiger partial charge >= 0.3 is 12.8 Å². The third-order valence-electron chi connectivity index (χ3n) is 4.90. The monoisotopic (exact) mass is 422 g/mol. The van der Waals surface area contributed by atoms with Crippen molar-refractivity contribution in [2.45, 2.75) is 31.2 Å². The van der Waals surface area contributed by atoms with Gasteiger partial charge in [0.2, 0.25) is 5.82 Å². The van der Waals surface area contributed by atoms with E-state index in [4.69, 9.17) is 4.74 Å². The Balaban J connectivity index is 1.84. The zero-order valence-corrected chi connectivity index (χ0v) is 14.6. The second-order valence-electron chi connectivity index (χ2n) is 6.75. The molecule has 0 aliphatic carbocycles. The van der Waals surface area contributed by atoms with Crippen LogP contribution in [0.2, 0.25) is 0 Å². The van der Waals surface area contributed by atoms with Crippen LogP contribution in [0.15, 0.2) is 40.7 Å². The average molecular weight is 422 g/mol. The normalized spacial score (nSPS) is 23.7. The summed E-state index contributed by atoms with van der Waals surface area (Å²) < 4.78 is 103. The van der Waals surface area contributed by atoms with E-state index in [9.17, 15) is 30.7 Å². The standard InChI is InChI=1S/C18H13F7N2O2/c19-11-3-2-10-14(13(11)20)28-5-1-4-17(10)8-27-7-9(18(23,24)25)6-12(15(27)26-17)29-16(21)22/h2-3,6-7,16H,1,4-5,8H2/t17-/m1/s1. The molecule has 3 aliphatic rings. The predicted molar refractivity (Wildman–Crippen MR) is 86.2 cm³/mol. The maximum Gasteiger partial charge on any atom is 0.417 e. The molecule has 0 unspecified atom stereocenters. The zero-order valence-electron chi connectivity index (χ0n) is 14.6. The quantitative estimate of drug-likeness (QED) is 0.652. The third kappa shape index (κ3) is 3.32. The molecule has 4 rings (SSSR count). The first-order valence-electron chi connectivity index (χ1n) is 8.54. The van der Waals surface area contributed by atoms with Gasteiger partial charge in [-0.2, -0.15) is 26.3 Å². The van der Waals surface area contributed by atoms with Crippen LogP contribution >= 0.6 is 0 Å². The highest BCUT2D eigenvalue weighted by atomic mass is 19.4. The van der Waals surface area contributed by atoms with Gasteiger partial charge in [0.15, 0.2) is 23.2 Å². The molecule has 0 N–H and O–H groups in total. The number of amidine groups is 1. The van der Waals surface area contributed by atoms with Crippen molar-refractivity contribution in [3.8, 4) is 5.75 Å². The number of nitrogens with zero attached hydrogens (tertiary/aromatic N) is 2. The lowest BCUT2D eigenvalue weighted by molar-refractivity contribution is -0.0981. The number of halogens is 7. The minimum atomic E-state index is -4.81. The second kappa shape index (κ2) is 6.67. The number of allylic oxidation sites excluding steroid dienone is 2. The van der Waals surface area contributed by atoms with Crippen molar-refractivity contribution >= 4 is 5.84 Å². The van der Waals surface area contributed by atoms with Gasteiger partial charge in [-0.05, 0) is 31.1 Å². The summed E-state index contributed by atoms with van der Waals surface area (Å²) in [7, 11) is 0. The molecule has 0 fully saturated rings. The molecule has 1 aromatic rings. The van der Waals surface area contributed by atoms with Gasteiger partial charge in [-0.1, -0.05) is 0 Å². The molecule has 0 aromatic heterocycles. The van der Waals surface area contributed by atoms with E-state index in [1.54, 1.807) is 0 Å². The summed E-state index contributed by atoms with van der Waals surface area (Å²) in [6, 6.07) is 2.11. The molecular formula is C18H13F7N2O2. The van der Waals surface area contributed by atoms with Crippen LogP contribution in [0.4, 0.5) is 30.7 Å². The van der Waals surface area contributed by atoms with Gasteiger partial charge in [0.25, 0.3) is 0 Å². The van der Waals surface area contributed by atoms with E-state index < -0.39 is 41.3 Å². The third-order valence-corrected chi connectivity index (χ3v) is 4.90. The molecule has 11 heteroatoms. The molecule has 4 nitrogen and oxygen atoms in total. The summed E-state index contributed by atoms with van der Waals surface area (Å²) in [6.45, 7) is -3.53. The summed E-state index contributed by atoms with van der Waals surface area (Å²) in [6.07, 6.45) is -3.07. The van der Waals surface area contributed by atoms with Crippen molar-refractivity contribution in [2.24, 2.45) is 4.99 Å². The van der Waals surface area contributed by atoms with Crippen molar-refractivity contribution in [1.29, 1.82) is 0 Å². The van der Waals surface area contributed by atoms with Gasteiger partial charge in [-0.3, -0.25) is 4.99 Å². The van der Waals surface area contributed by atoms with Crippen molar-refractivity contribution in [3.63, 3.8) is 0 Å². The highest BCUT2D eigenvalue weighted by Crippen LogP contribution is 2.47. The zero-order chi connectivity index (χ0) is 21.0. The Morgan fingerprint density at radius 3 is 2.66 bits per heavy atom. The van der Waals surface area contributed by atoms with Crippen LogP contribution in [0.25, 0.3) is 0 Å². The highest BCUT2D eigenvalue weighted by molar-refractivity contribution is 6.00. The largest absolute Gasteiger partial charge is 0.490 e. The first kappa shape index (κ1) is 19.6. The Morgan fingerprint density at radius 1 is 1.21 bits per heavy atom. The van der Waals surface area contributed by atoms with Crippen LogP contribution in [0.1, 0.15) is 18.4 Å². The fourth-order valence-corrected chi connectivity index (χ4v) is 3.70. The molecule has 3 heterocycles. The topological polar surface area (TPSA) is 34.1 Å². The molecule has 0 amide bonds. The average Bonchev–Trinajstić information content (AvgIpc) is 2.90. The number of aliphatic imine (C=N–C) groups is 1. The Kier molecular flexibility index (Phi) is 4.50. The molecule has 1 spiro atoms. The smallest absolute Gasteiger partial charge is 0.417 e. The van der Waals surface area contributed by atoms with E-state index in [0.717, 1.165) is 17.2 Å². The maximum absolute atomic E-state index is 14.3. The molecule has 1 aromatic carbocycles. The summed E-state index contributed by atoms with van der Waals surface area (Å²) in [5.74, 6) is -3.76. The molecule has 29 heavy (non-hydrogen) atoms. The molecule has 0 bridgehead atoms. The number of fused-ring (bicyclic) bond motifs is 3. The molecule has 1 atom stereocenters. The first-order chi connectivity index (χ1) is 13.6. The van der Waals surface area contributed by atoms with Gasteiger partial charge in [-0.15, -0.1) is 0 Å². The minimum Gasteiger partial charge on any atom is -0.490 e. The number of rotatable bonds is 2. The SMILES string of the molecule is Fc1ccc2c(c1F)OCCC[C@@]21CN2C=C(C(F)(F)F)C=C(OC(F)F)C2=N1. The lowest BCUT2D eigenvalue weighted by atomic mass is 9.86. The Labute approximate surface area is 159 Å². The fourth-order valence-electron chi connectivity index (χ4n) is 3.70. The van der Waals surface area contributed by atoms with E-state index in [1.165, 1.54) is 6.07 Å². The Bertz CT molecular complexity index is 939. The second-order valence-corrected chi connectivity index (χ2v) is 6.75. The number of benzene rings is 1. The van der Waals surface area contributed by atoms with E-state index in [2.05, 4.69) is 9.73 Å². The van der Waals surface area contributed by atoms with Crippen molar-refractivity contribution in [3.05, 3.63) is 52.9 Å². The predicted octanol–water partition coefficient (Wildman–Crippen LogP) is 4.63. The van der Waals surface area contributed by atoms with Gasteiger partial charge < -0.3 is 14.4 Å². The van der Waals surface area contributed by atoms with Gasteiger partial charge in [0.05, 0.1) is 18.7 Å². The lowest BCUT2D eigenvalue weighted by Crippen LogP contribution is -2.35. The van der Waals surface area contributed by atoms with E-state index in [-0.39, 0.29) is 36.7 Å². The Morgan fingerprint density at radius 2 is 1.97 bits per heavy atom. The Hall–Kier alpha value is -2.72. The highest BCUT2D eigenvalue weighted by Gasteiger charge is 2.48. The van der Waals surface area contributed by atoms with E-state index >= 15 is 0 Å². The fraction of sp³-hybridized carbons (Fsp3) is 0.389. The minimum absolute atomic E-state index is 0.0415. The van der Waals surface area contributed by atoms with Crippen LogP contribution in [0.5, 0.6) is 5.75 Å². The van der Waals surface area contributed by atoms with Crippen molar-refractivity contribution in [1.82, 2.24) is 4.90 Å². The maximum atomic E-state index is 14.3. The summed E-state index contributed by atoms with van der Waals surface area (Å²) in [5, 5.41) is 0. The van der Waals surface area contributed by atoms with Crippen molar-refractivity contribution < 1.29 is 40.2 Å². The molecule has 156 valence electrons. The van der Waals surface area contributed by atoms with Crippen LogP contribution in [0, 0.1) is 11.6 Å². The van der Waals surface area contributed by atoms with Gasteiger partial charge in [0, 0.05) is 11.8 Å². The molecule has 3 aliphatic heterocycles. The summed E-state index contributed by atoms with van der Waals surface area (Å²) in [4.78, 5) is 5.40. The number of hydrogen-bond acceptors (Lipinski definition) is 4. The molecule has 0 radical (unpaired) electrons. The molecular weight excluding hydrogens is 409 g/mol. The first-order valence-corrected chi connectivity index (χ1v) is 8.54. The number of hydrogen-bond donors (Lipinski definition) is 0. The van der Waals surface area contributed by atoms with Gasteiger partial charge in [0.1, 0.15) is 5.54 Å². The number of ether oxygens (including phenoxy) is 2. The lowest BCUT2D eigenvalue weighted by Gasteiger charge is -2.28. The van der Waals surface area contributed by atoms with Crippen molar-refractivity contribution in [2.75, 3.05) is 13.2 Å².